The molecule has 4 N–H and O–H groups in total. The number of carbonyl (C=O) groups excluding carboxylic acids is 3. The summed E-state index contributed by atoms with van der Waals surface area (Å²) in [5.41, 5.74) is 5.96. The number of aromatic nitrogens is 1. The number of hydrogen-bond acceptors (Lipinski definition) is 5. The van der Waals surface area contributed by atoms with Crippen LogP contribution in [0.1, 0.15) is 55.4 Å². The Morgan fingerprint density at radius 2 is 2.07 bits per heavy atom. The van der Waals surface area contributed by atoms with E-state index in [1.165, 1.54) is 0 Å². The number of nitrogens with two attached hydrogens (primary N) is 1. The van der Waals surface area contributed by atoms with Crippen molar-refractivity contribution < 1.29 is 14.4 Å². The Morgan fingerprint density at radius 3 is 2.86 bits per heavy atom. The Labute approximate surface area is 165 Å². The van der Waals surface area contributed by atoms with Crippen LogP contribution in [-0.4, -0.2) is 53.3 Å². The van der Waals surface area contributed by atoms with Gasteiger partial charge in [-0.05, 0) is 50.2 Å². The summed E-state index contributed by atoms with van der Waals surface area (Å²) >= 11 is 0. The van der Waals surface area contributed by atoms with E-state index in [4.69, 9.17) is 5.73 Å². The van der Waals surface area contributed by atoms with Crippen molar-refractivity contribution in [2.24, 2.45) is 5.92 Å². The fraction of sp³-hybridized carbons (Fsp3) is 0.600. The smallest absolute Gasteiger partial charge is 0.270 e. The zero-order chi connectivity index (χ0) is 19.9. The molecule has 0 radical (unpaired) electrons. The van der Waals surface area contributed by atoms with Gasteiger partial charge in [0.2, 0.25) is 11.8 Å². The molecule has 2 aliphatic rings. The summed E-state index contributed by atoms with van der Waals surface area (Å²) in [6.45, 7) is 1.39. The number of rotatable bonds is 6. The summed E-state index contributed by atoms with van der Waals surface area (Å²) in [4.78, 5) is 42.0. The highest BCUT2D eigenvalue weighted by atomic mass is 16.2. The summed E-state index contributed by atoms with van der Waals surface area (Å²) < 4.78 is 0. The van der Waals surface area contributed by atoms with Crippen LogP contribution in [0.3, 0.4) is 0 Å². The molecule has 2 fully saturated rings. The molecule has 1 aliphatic carbocycles. The number of likely N-dealkylation sites (tertiary alicyclic amines) is 1. The number of anilines is 1. The average Bonchev–Trinajstić information content (AvgIpc) is 2.68. The van der Waals surface area contributed by atoms with Crippen LogP contribution in [0, 0.1) is 5.92 Å². The van der Waals surface area contributed by atoms with Crippen molar-refractivity contribution in [3.8, 4) is 0 Å². The molecule has 1 saturated heterocycles. The number of piperidine rings is 1. The fourth-order valence-electron chi connectivity index (χ4n) is 3.96. The maximum atomic E-state index is 12.4. The zero-order valence-corrected chi connectivity index (χ0v) is 16.2. The molecule has 28 heavy (non-hydrogen) atoms. The molecule has 1 aromatic rings. The summed E-state index contributed by atoms with van der Waals surface area (Å²) in [6, 6.07) is 5.07. The number of hydrogen-bond donors (Lipinski definition) is 3. The first-order valence-electron chi connectivity index (χ1n) is 10.1. The van der Waals surface area contributed by atoms with Gasteiger partial charge >= 0.3 is 0 Å². The van der Waals surface area contributed by atoms with Gasteiger partial charge in [-0.3, -0.25) is 14.4 Å². The van der Waals surface area contributed by atoms with E-state index in [1.54, 1.807) is 23.1 Å². The highest BCUT2D eigenvalue weighted by Crippen LogP contribution is 2.24. The Bertz CT molecular complexity index is 724. The van der Waals surface area contributed by atoms with Crippen LogP contribution in [-0.2, 0) is 9.59 Å². The Morgan fingerprint density at radius 1 is 1.21 bits per heavy atom. The number of nitrogens with zero attached hydrogens (tertiary/aromatic N) is 2. The van der Waals surface area contributed by atoms with Gasteiger partial charge in [0, 0.05) is 25.6 Å². The first-order valence-corrected chi connectivity index (χ1v) is 10.1. The van der Waals surface area contributed by atoms with Crippen molar-refractivity contribution >= 4 is 23.5 Å². The van der Waals surface area contributed by atoms with E-state index in [0.29, 0.717) is 36.9 Å². The monoisotopic (exact) mass is 387 g/mol. The summed E-state index contributed by atoms with van der Waals surface area (Å²) in [5, 5.41) is 5.99. The van der Waals surface area contributed by atoms with E-state index in [0.717, 1.165) is 38.5 Å². The van der Waals surface area contributed by atoms with Crippen LogP contribution in [0.4, 0.5) is 5.82 Å². The number of pyridine rings is 1. The highest BCUT2D eigenvalue weighted by Gasteiger charge is 2.25. The fourth-order valence-corrected chi connectivity index (χ4v) is 3.96. The van der Waals surface area contributed by atoms with Gasteiger partial charge < -0.3 is 21.3 Å². The van der Waals surface area contributed by atoms with Crippen LogP contribution >= 0.6 is 0 Å². The Hall–Kier alpha value is -2.64. The number of nitrogen functional groups attached to an aromatic ring is 1. The van der Waals surface area contributed by atoms with E-state index in [2.05, 4.69) is 15.6 Å². The molecule has 3 rings (SSSR count). The van der Waals surface area contributed by atoms with Crippen molar-refractivity contribution in [2.45, 2.75) is 51.0 Å². The molecule has 152 valence electrons. The van der Waals surface area contributed by atoms with Crippen molar-refractivity contribution in [3.63, 3.8) is 0 Å². The molecular formula is C20H29N5O3. The van der Waals surface area contributed by atoms with Crippen LogP contribution in [0.2, 0.25) is 0 Å². The van der Waals surface area contributed by atoms with Crippen LogP contribution < -0.4 is 16.4 Å². The molecule has 0 spiro atoms. The summed E-state index contributed by atoms with van der Waals surface area (Å²) in [5.74, 6) is 0.380. The third-order valence-electron chi connectivity index (χ3n) is 5.47. The minimum atomic E-state index is -0.217. The van der Waals surface area contributed by atoms with Crippen LogP contribution in [0.15, 0.2) is 18.2 Å². The van der Waals surface area contributed by atoms with Gasteiger partial charge in [0.25, 0.3) is 5.91 Å². The average molecular weight is 387 g/mol. The second-order valence-corrected chi connectivity index (χ2v) is 7.73. The SMILES string of the molecule is Nc1cccc(C(=O)N[C@H]2CCC[C@@H](CNC(=O)CN3CCCCC3=O)C2)n1. The molecule has 1 aliphatic heterocycles. The lowest BCUT2D eigenvalue weighted by atomic mass is 9.85. The van der Waals surface area contributed by atoms with E-state index in [-0.39, 0.29) is 30.3 Å². The van der Waals surface area contributed by atoms with Crippen LogP contribution in [0.5, 0.6) is 0 Å². The molecule has 3 amide bonds. The molecule has 0 bridgehead atoms. The standard InChI is InChI=1S/C20H29N5O3/c21-17-8-4-7-16(24-17)20(28)23-15-6-3-5-14(11-15)12-22-18(26)13-25-10-2-1-9-19(25)27/h4,7-8,14-15H,1-3,5-6,9-13H2,(H2,21,24)(H,22,26)(H,23,28)/t14-,15+/m1/s1. The third kappa shape index (κ3) is 5.68. The topological polar surface area (TPSA) is 117 Å². The molecule has 8 heteroatoms. The molecule has 0 unspecified atom stereocenters. The number of carbonyl (C=O) groups is 3. The van der Waals surface area contributed by atoms with Crippen molar-refractivity contribution in [1.29, 1.82) is 0 Å². The van der Waals surface area contributed by atoms with Gasteiger partial charge in [0.15, 0.2) is 0 Å². The molecule has 0 aromatic carbocycles. The second kappa shape index (κ2) is 9.52. The first-order chi connectivity index (χ1) is 13.5. The van der Waals surface area contributed by atoms with Crippen molar-refractivity contribution in [2.75, 3.05) is 25.4 Å². The second-order valence-electron chi connectivity index (χ2n) is 7.73. The normalized spacial score (nSPS) is 22.6. The van der Waals surface area contributed by atoms with E-state index >= 15 is 0 Å². The summed E-state index contributed by atoms with van der Waals surface area (Å²) in [7, 11) is 0. The zero-order valence-electron chi connectivity index (χ0n) is 16.2. The third-order valence-corrected chi connectivity index (χ3v) is 5.47. The molecule has 1 saturated carbocycles. The Kier molecular flexibility index (Phi) is 6.84. The van der Waals surface area contributed by atoms with Gasteiger partial charge in [-0.15, -0.1) is 0 Å². The number of amides is 3. The lowest BCUT2D eigenvalue weighted by Crippen LogP contribution is -2.45. The predicted octanol–water partition coefficient (Wildman–Crippen LogP) is 1.08. The van der Waals surface area contributed by atoms with E-state index < -0.39 is 0 Å². The summed E-state index contributed by atoms with van der Waals surface area (Å²) in [6.07, 6.45) is 6.17. The van der Waals surface area contributed by atoms with E-state index in [9.17, 15) is 14.4 Å². The molecular weight excluding hydrogens is 358 g/mol. The van der Waals surface area contributed by atoms with Crippen molar-refractivity contribution in [1.82, 2.24) is 20.5 Å². The van der Waals surface area contributed by atoms with Gasteiger partial charge in [-0.25, -0.2) is 4.98 Å². The largest absolute Gasteiger partial charge is 0.384 e. The van der Waals surface area contributed by atoms with Gasteiger partial charge in [0.1, 0.15) is 11.5 Å². The predicted molar refractivity (Wildman–Crippen MR) is 105 cm³/mol. The maximum absolute atomic E-state index is 12.4. The molecule has 1 aromatic heterocycles. The van der Waals surface area contributed by atoms with Gasteiger partial charge in [0.05, 0.1) is 6.54 Å². The molecule has 2 heterocycles. The lowest BCUT2D eigenvalue weighted by Gasteiger charge is -2.30. The molecule has 8 nitrogen and oxygen atoms in total. The first kappa shape index (κ1) is 20.1. The van der Waals surface area contributed by atoms with Crippen molar-refractivity contribution in [3.05, 3.63) is 23.9 Å². The molecule has 2 atom stereocenters. The highest BCUT2D eigenvalue weighted by molar-refractivity contribution is 5.92. The lowest BCUT2D eigenvalue weighted by molar-refractivity contribution is -0.137. The quantitative estimate of drug-likeness (QED) is 0.675. The van der Waals surface area contributed by atoms with Gasteiger partial charge in [-0.2, -0.15) is 0 Å². The number of nitrogens with one attached hydrogen (secondary N) is 2. The van der Waals surface area contributed by atoms with E-state index in [1.807, 2.05) is 0 Å². The minimum Gasteiger partial charge on any atom is -0.384 e. The van der Waals surface area contributed by atoms with Crippen LogP contribution in [0.25, 0.3) is 0 Å². The maximum Gasteiger partial charge on any atom is 0.270 e. The van der Waals surface area contributed by atoms with Gasteiger partial charge in [-0.1, -0.05) is 12.5 Å². The minimum absolute atomic E-state index is 0.0649. The Balaban J connectivity index is 1.42.